The Bertz CT molecular complexity index is 832. The molecule has 2 heterocycles. The van der Waals surface area contributed by atoms with Crippen molar-refractivity contribution in [3.8, 4) is 11.6 Å². The zero-order chi connectivity index (χ0) is 15.1. The van der Waals surface area contributed by atoms with Crippen LogP contribution in [-0.4, -0.2) is 28.8 Å². The van der Waals surface area contributed by atoms with Crippen LogP contribution in [0.3, 0.4) is 0 Å². The molecule has 1 aliphatic rings. The number of nitrogens with zero attached hydrogens (tertiary/aromatic N) is 2. The molecule has 0 radical (unpaired) electrons. The number of amides is 1. The summed E-state index contributed by atoms with van der Waals surface area (Å²) >= 11 is 0. The number of aromatic nitrogens is 2. The highest BCUT2D eigenvalue weighted by Gasteiger charge is 2.26. The van der Waals surface area contributed by atoms with Gasteiger partial charge in [-0.1, -0.05) is 0 Å². The van der Waals surface area contributed by atoms with Crippen molar-refractivity contribution in [2.75, 3.05) is 7.11 Å². The lowest BCUT2D eigenvalue weighted by Crippen LogP contribution is -2.25. The van der Waals surface area contributed by atoms with Crippen LogP contribution < -0.4 is 10.1 Å². The molecule has 0 atom stereocenters. The van der Waals surface area contributed by atoms with Gasteiger partial charge in [0.15, 0.2) is 0 Å². The lowest BCUT2D eigenvalue weighted by Gasteiger charge is -2.10. The van der Waals surface area contributed by atoms with Gasteiger partial charge >= 0.3 is 0 Å². The molecule has 22 heavy (non-hydrogen) atoms. The van der Waals surface area contributed by atoms with E-state index in [1.807, 2.05) is 12.1 Å². The number of hydrogen-bond acceptors (Lipinski definition) is 4. The summed E-state index contributed by atoms with van der Waals surface area (Å²) in [6.07, 6.45) is 5.38. The standard InChI is InChI=1S/C16H15N3O3/c1-21-15-11(16(20)18-10-4-5-10)6-7-13-12(15)9-17-19(13)14-3-2-8-22-14/h2-3,6-10H,4-5H2,1H3,(H,18,20). The summed E-state index contributed by atoms with van der Waals surface area (Å²) in [6, 6.07) is 7.55. The van der Waals surface area contributed by atoms with Gasteiger partial charge in [-0.2, -0.15) is 9.78 Å². The maximum Gasteiger partial charge on any atom is 0.255 e. The number of furan rings is 1. The fourth-order valence-electron chi connectivity index (χ4n) is 2.53. The maximum absolute atomic E-state index is 12.3. The Hall–Kier alpha value is -2.76. The summed E-state index contributed by atoms with van der Waals surface area (Å²) in [5, 5.41) is 8.09. The van der Waals surface area contributed by atoms with Crippen LogP contribution in [0.15, 0.2) is 41.1 Å². The van der Waals surface area contributed by atoms with E-state index in [0.29, 0.717) is 23.2 Å². The number of carbonyl (C=O) groups is 1. The van der Waals surface area contributed by atoms with Crippen molar-refractivity contribution < 1.29 is 13.9 Å². The Morgan fingerprint density at radius 2 is 2.27 bits per heavy atom. The quantitative estimate of drug-likeness (QED) is 0.803. The predicted molar refractivity (Wildman–Crippen MR) is 80.4 cm³/mol. The molecular weight excluding hydrogens is 282 g/mol. The zero-order valence-corrected chi connectivity index (χ0v) is 12.1. The normalized spacial score (nSPS) is 14.2. The van der Waals surface area contributed by atoms with Crippen molar-refractivity contribution in [1.82, 2.24) is 15.1 Å². The summed E-state index contributed by atoms with van der Waals surface area (Å²) in [7, 11) is 1.56. The van der Waals surface area contributed by atoms with Crippen LogP contribution in [0.4, 0.5) is 0 Å². The van der Waals surface area contributed by atoms with Gasteiger partial charge in [-0.3, -0.25) is 4.79 Å². The third kappa shape index (κ3) is 2.04. The second-order valence-corrected chi connectivity index (χ2v) is 5.33. The van der Waals surface area contributed by atoms with E-state index in [1.165, 1.54) is 0 Å². The highest BCUT2D eigenvalue weighted by atomic mass is 16.5. The highest BCUT2D eigenvalue weighted by molar-refractivity contribution is 6.03. The minimum Gasteiger partial charge on any atom is -0.495 e. The SMILES string of the molecule is COc1c(C(=O)NC2CC2)ccc2c1cnn2-c1ccco1. The van der Waals surface area contributed by atoms with Crippen molar-refractivity contribution in [3.05, 3.63) is 42.3 Å². The van der Waals surface area contributed by atoms with Gasteiger partial charge in [-0.05, 0) is 31.0 Å². The topological polar surface area (TPSA) is 69.3 Å². The monoisotopic (exact) mass is 297 g/mol. The molecule has 6 heteroatoms. The average Bonchev–Trinajstić information content (AvgIpc) is 3.04. The molecular formula is C16H15N3O3. The first-order valence-corrected chi connectivity index (χ1v) is 7.17. The van der Waals surface area contributed by atoms with Crippen LogP contribution in [-0.2, 0) is 0 Å². The molecule has 1 aromatic carbocycles. The Morgan fingerprint density at radius 1 is 1.41 bits per heavy atom. The van der Waals surface area contributed by atoms with E-state index < -0.39 is 0 Å². The molecule has 1 amide bonds. The second-order valence-electron chi connectivity index (χ2n) is 5.33. The van der Waals surface area contributed by atoms with Crippen LogP contribution in [0.5, 0.6) is 5.75 Å². The van der Waals surface area contributed by atoms with E-state index in [2.05, 4.69) is 10.4 Å². The fourth-order valence-corrected chi connectivity index (χ4v) is 2.53. The predicted octanol–water partition coefficient (Wildman–Crippen LogP) is 2.52. The summed E-state index contributed by atoms with van der Waals surface area (Å²) in [6.45, 7) is 0. The van der Waals surface area contributed by atoms with Crippen molar-refractivity contribution in [3.63, 3.8) is 0 Å². The number of carbonyl (C=O) groups excluding carboxylic acids is 1. The van der Waals surface area contributed by atoms with E-state index in [0.717, 1.165) is 23.7 Å². The minimum absolute atomic E-state index is 0.105. The molecule has 2 aromatic heterocycles. The number of nitrogens with one attached hydrogen (secondary N) is 1. The molecule has 1 N–H and O–H groups in total. The number of benzene rings is 1. The first-order valence-electron chi connectivity index (χ1n) is 7.17. The smallest absolute Gasteiger partial charge is 0.255 e. The largest absolute Gasteiger partial charge is 0.495 e. The zero-order valence-electron chi connectivity index (χ0n) is 12.1. The minimum atomic E-state index is -0.105. The van der Waals surface area contributed by atoms with Crippen LogP contribution in [0.1, 0.15) is 23.2 Å². The van der Waals surface area contributed by atoms with E-state index in [-0.39, 0.29) is 5.91 Å². The van der Waals surface area contributed by atoms with Gasteiger partial charge in [0.05, 0.1) is 36.0 Å². The first-order chi connectivity index (χ1) is 10.8. The number of fused-ring (bicyclic) bond motifs is 1. The third-order valence-corrected chi connectivity index (χ3v) is 3.78. The third-order valence-electron chi connectivity index (χ3n) is 3.78. The Kier molecular flexibility index (Phi) is 2.89. The molecule has 4 rings (SSSR count). The van der Waals surface area contributed by atoms with E-state index in [9.17, 15) is 4.79 Å². The molecule has 3 aromatic rings. The van der Waals surface area contributed by atoms with E-state index in [4.69, 9.17) is 9.15 Å². The summed E-state index contributed by atoms with van der Waals surface area (Å²) in [5.41, 5.74) is 1.36. The van der Waals surface area contributed by atoms with Crippen molar-refractivity contribution in [2.24, 2.45) is 0 Å². The van der Waals surface area contributed by atoms with Crippen molar-refractivity contribution in [1.29, 1.82) is 0 Å². The van der Waals surface area contributed by atoms with Crippen LogP contribution in [0.25, 0.3) is 16.8 Å². The molecule has 1 saturated carbocycles. The number of hydrogen-bond donors (Lipinski definition) is 1. The molecule has 112 valence electrons. The fraction of sp³-hybridized carbons (Fsp3) is 0.250. The molecule has 6 nitrogen and oxygen atoms in total. The molecule has 0 aliphatic heterocycles. The maximum atomic E-state index is 12.3. The van der Waals surface area contributed by atoms with Crippen LogP contribution in [0.2, 0.25) is 0 Å². The Morgan fingerprint density at radius 3 is 2.95 bits per heavy atom. The van der Waals surface area contributed by atoms with Gasteiger partial charge in [-0.25, -0.2) is 0 Å². The van der Waals surface area contributed by atoms with E-state index in [1.54, 1.807) is 36.4 Å². The number of methoxy groups -OCH3 is 1. The average molecular weight is 297 g/mol. The summed E-state index contributed by atoms with van der Waals surface area (Å²) in [5.74, 6) is 1.05. The van der Waals surface area contributed by atoms with Crippen LogP contribution in [0, 0.1) is 0 Å². The Balaban J connectivity index is 1.82. The number of rotatable bonds is 4. The molecule has 1 aliphatic carbocycles. The summed E-state index contributed by atoms with van der Waals surface area (Å²) < 4.78 is 12.5. The van der Waals surface area contributed by atoms with Gasteiger partial charge in [0, 0.05) is 12.1 Å². The van der Waals surface area contributed by atoms with Crippen molar-refractivity contribution >= 4 is 16.8 Å². The summed E-state index contributed by atoms with van der Waals surface area (Å²) in [4.78, 5) is 12.3. The van der Waals surface area contributed by atoms with Gasteiger partial charge in [-0.15, -0.1) is 0 Å². The highest BCUT2D eigenvalue weighted by Crippen LogP contribution is 2.31. The lowest BCUT2D eigenvalue weighted by molar-refractivity contribution is 0.0948. The number of ether oxygens (including phenoxy) is 1. The second kappa shape index (κ2) is 4.91. The molecule has 0 saturated heterocycles. The molecule has 0 bridgehead atoms. The molecule has 0 spiro atoms. The molecule has 1 fully saturated rings. The Labute approximate surface area is 126 Å². The molecule has 0 unspecified atom stereocenters. The van der Waals surface area contributed by atoms with E-state index >= 15 is 0 Å². The lowest BCUT2D eigenvalue weighted by atomic mass is 10.1. The van der Waals surface area contributed by atoms with Gasteiger partial charge in [0.1, 0.15) is 5.75 Å². The van der Waals surface area contributed by atoms with Gasteiger partial charge < -0.3 is 14.5 Å². The first kappa shape index (κ1) is 12.9. The van der Waals surface area contributed by atoms with Gasteiger partial charge in [0.2, 0.25) is 5.88 Å². The van der Waals surface area contributed by atoms with Crippen LogP contribution >= 0.6 is 0 Å². The van der Waals surface area contributed by atoms with Gasteiger partial charge in [0.25, 0.3) is 5.91 Å². The van der Waals surface area contributed by atoms with Crippen molar-refractivity contribution in [2.45, 2.75) is 18.9 Å².